The van der Waals surface area contributed by atoms with E-state index in [0.717, 1.165) is 5.56 Å². The molecular weight excluding hydrogens is 362 g/mol. The number of carbonyl (C=O) groups is 2. The molecule has 3 atom stereocenters. The van der Waals surface area contributed by atoms with Gasteiger partial charge in [-0.05, 0) is 24.8 Å². The maximum atomic E-state index is 12.1. The fraction of sp³-hybridized carbons (Fsp3) is 0.438. The number of amides is 1. The van der Waals surface area contributed by atoms with Crippen LogP contribution in [0.2, 0.25) is 0 Å². The number of carboxylic acids is 1. The first-order valence-electron chi connectivity index (χ1n) is 7.87. The normalized spacial score (nSPS) is 13.6. The van der Waals surface area contributed by atoms with Gasteiger partial charge in [-0.3, -0.25) is 9.79 Å². The molecule has 1 aromatic carbocycles. The molecule has 0 bridgehead atoms. The van der Waals surface area contributed by atoms with E-state index in [2.05, 4.69) is 10.3 Å². The van der Waals surface area contributed by atoms with Gasteiger partial charge in [0, 0.05) is 12.6 Å². The van der Waals surface area contributed by atoms with Crippen LogP contribution in [0, 0.1) is 0 Å². The van der Waals surface area contributed by atoms with Crippen molar-refractivity contribution in [1.82, 2.24) is 5.32 Å². The number of carbonyl (C=O) groups excluding carboxylic acids is 1. The van der Waals surface area contributed by atoms with Crippen LogP contribution >= 0.6 is 12.4 Å². The quantitative estimate of drug-likeness (QED) is 0.168. The Kier molecular flexibility index (Phi) is 11.0. The Morgan fingerprint density at radius 1 is 1.19 bits per heavy atom. The number of benzene rings is 1. The number of aliphatic hydroxyl groups excluding tert-OH is 1. The minimum Gasteiger partial charge on any atom is -0.480 e. The Hall–Kier alpha value is -2.36. The van der Waals surface area contributed by atoms with E-state index in [9.17, 15) is 19.8 Å². The van der Waals surface area contributed by atoms with Crippen LogP contribution in [-0.4, -0.2) is 52.8 Å². The van der Waals surface area contributed by atoms with Crippen LogP contribution in [0.5, 0.6) is 0 Å². The summed E-state index contributed by atoms with van der Waals surface area (Å²) < 4.78 is 0. The fourth-order valence-corrected chi connectivity index (χ4v) is 2.21. The molecule has 146 valence electrons. The van der Waals surface area contributed by atoms with Crippen molar-refractivity contribution in [3.63, 3.8) is 0 Å². The van der Waals surface area contributed by atoms with E-state index in [4.69, 9.17) is 17.2 Å². The lowest BCUT2D eigenvalue weighted by Crippen LogP contribution is -2.52. The highest BCUT2D eigenvalue weighted by atomic mass is 35.5. The lowest BCUT2D eigenvalue weighted by Gasteiger charge is -2.21. The van der Waals surface area contributed by atoms with Crippen LogP contribution in [0.15, 0.2) is 35.3 Å². The smallest absolute Gasteiger partial charge is 0.326 e. The third kappa shape index (κ3) is 8.65. The van der Waals surface area contributed by atoms with Crippen molar-refractivity contribution < 1.29 is 19.8 Å². The predicted octanol–water partition coefficient (Wildman–Crippen LogP) is -1.04. The van der Waals surface area contributed by atoms with Gasteiger partial charge in [-0.15, -0.1) is 12.4 Å². The Labute approximate surface area is 158 Å². The van der Waals surface area contributed by atoms with Crippen molar-refractivity contribution in [2.24, 2.45) is 22.2 Å². The van der Waals surface area contributed by atoms with Gasteiger partial charge in [-0.2, -0.15) is 0 Å². The molecule has 0 fully saturated rings. The lowest BCUT2D eigenvalue weighted by molar-refractivity contribution is -0.143. The average molecular weight is 388 g/mol. The highest BCUT2D eigenvalue weighted by Gasteiger charge is 2.27. The van der Waals surface area contributed by atoms with E-state index >= 15 is 0 Å². The van der Waals surface area contributed by atoms with Gasteiger partial charge in [0.05, 0.1) is 0 Å². The molecule has 0 aliphatic carbocycles. The van der Waals surface area contributed by atoms with Gasteiger partial charge in [0.2, 0.25) is 0 Å². The lowest BCUT2D eigenvalue weighted by atomic mass is 10.0. The Balaban J connectivity index is 0.00000625. The number of guanidine groups is 1. The number of carboxylic acid groups (broad SMARTS) is 1. The molecule has 0 aliphatic heterocycles. The second-order valence-corrected chi connectivity index (χ2v) is 5.65. The van der Waals surface area contributed by atoms with Gasteiger partial charge in [-0.25, -0.2) is 4.79 Å². The number of halogens is 1. The molecule has 0 aromatic heterocycles. The van der Waals surface area contributed by atoms with Crippen LogP contribution in [-0.2, 0) is 16.0 Å². The van der Waals surface area contributed by atoms with Crippen LogP contribution < -0.4 is 22.5 Å². The zero-order valence-electron chi connectivity index (χ0n) is 14.2. The number of aliphatic imine (C=N–C) groups is 1. The Bertz CT molecular complexity index is 596. The number of rotatable bonds is 10. The number of hydrogen-bond donors (Lipinski definition) is 6. The van der Waals surface area contributed by atoms with Crippen molar-refractivity contribution in [2.75, 3.05) is 6.54 Å². The molecule has 9 nitrogen and oxygen atoms in total. The summed E-state index contributed by atoms with van der Waals surface area (Å²) in [6.45, 7) is 0.248. The third-order valence-electron chi connectivity index (χ3n) is 3.55. The van der Waals surface area contributed by atoms with Crippen molar-refractivity contribution in [3.05, 3.63) is 35.9 Å². The number of nitrogens with one attached hydrogen (secondary N) is 1. The largest absolute Gasteiger partial charge is 0.480 e. The molecule has 0 radical (unpaired) electrons. The third-order valence-corrected chi connectivity index (χ3v) is 3.55. The molecule has 0 saturated carbocycles. The Morgan fingerprint density at radius 2 is 1.81 bits per heavy atom. The maximum Gasteiger partial charge on any atom is 0.326 e. The molecule has 0 saturated heterocycles. The molecule has 0 heterocycles. The van der Waals surface area contributed by atoms with Gasteiger partial charge in [0.25, 0.3) is 5.91 Å². The minimum atomic E-state index is -1.51. The summed E-state index contributed by atoms with van der Waals surface area (Å²) in [5.41, 5.74) is 17.1. The second kappa shape index (κ2) is 12.1. The standard InChI is InChI=1S/C16H25N5O4.ClH/c17-11(9-10-5-2-1-3-6-10)13(22)14(23)21-12(15(24)25)7-4-8-20-16(18)19;/h1-3,5-6,11-13,22H,4,7-9,17H2,(H,21,23)(H,24,25)(H4,18,19,20);1H/t11?,12-,13?;/m0./s1. The molecule has 2 unspecified atom stereocenters. The topological polar surface area (TPSA) is 177 Å². The number of hydrogen-bond acceptors (Lipinski definition) is 5. The van der Waals surface area contributed by atoms with Crippen molar-refractivity contribution in [2.45, 2.75) is 37.5 Å². The number of aliphatic carboxylic acids is 1. The first kappa shape index (κ1) is 23.6. The molecular formula is C16H26ClN5O4. The summed E-state index contributed by atoms with van der Waals surface area (Å²) in [6, 6.07) is 7.15. The zero-order valence-corrected chi connectivity index (χ0v) is 15.1. The van der Waals surface area contributed by atoms with Gasteiger partial charge in [-0.1, -0.05) is 30.3 Å². The maximum absolute atomic E-state index is 12.1. The van der Waals surface area contributed by atoms with E-state index in [-0.39, 0.29) is 37.8 Å². The molecule has 0 spiro atoms. The van der Waals surface area contributed by atoms with Crippen LogP contribution in [0.25, 0.3) is 0 Å². The summed E-state index contributed by atoms with van der Waals surface area (Å²) in [6.07, 6.45) is -0.739. The van der Waals surface area contributed by atoms with E-state index in [0.29, 0.717) is 6.42 Å². The van der Waals surface area contributed by atoms with Crippen LogP contribution in [0.3, 0.4) is 0 Å². The molecule has 1 aromatic rings. The Morgan fingerprint density at radius 3 is 2.35 bits per heavy atom. The van der Waals surface area contributed by atoms with Crippen molar-refractivity contribution in [3.8, 4) is 0 Å². The fourth-order valence-electron chi connectivity index (χ4n) is 2.21. The van der Waals surface area contributed by atoms with Gasteiger partial charge >= 0.3 is 5.97 Å². The summed E-state index contributed by atoms with van der Waals surface area (Å²) in [7, 11) is 0. The van der Waals surface area contributed by atoms with Gasteiger partial charge in [0.1, 0.15) is 12.1 Å². The summed E-state index contributed by atoms with van der Waals surface area (Å²) in [4.78, 5) is 27.0. The summed E-state index contributed by atoms with van der Waals surface area (Å²) in [5, 5.41) is 21.5. The monoisotopic (exact) mass is 387 g/mol. The first-order chi connectivity index (χ1) is 11.8. The molecule has 26 heavy (non-hydrogen) atoms. The first-order valence-corrected chi connectivity index (χ1v) is 7.87. The highest BCUT2D eigenvalue weighted by molar-refractivity contribution is 5.86. The second-order valence-electron chi connectivity index (χ2n) is 5.65. The summed E-state index contributed by atoms with van der Waals surface area (Å²) >= 11 is 0. The van der Waals surface area contributed by atoms with Crippen LogP contribution in [0.4, 0.5) is 0 Å². The van der Waals surface area contributed by atoms with E-state index in [1.165, 1.54) is 0 Å². The minimum absolute atomic E-state index is 0. The van der Waals surface area contributed by atoms with E-state index in [1.807, 2.05) is 30.3 Å². The SMILES string of the molecule is Cl.NC(N)=NCCC[C@H](NC(=O)C(O)C(N)Cc1ccccc1)C(=O)O. The number of nitrogens with two attached hydrogens (primary N) is 3. The van der Waals surface area contributed by atoms with E-state index in [1.54, 1.807) is 0 Å². The van der Waals surface area contributed by atoms with Crippen LogP contribution in [0.1, 0.15) is 18.4 Å². The van der Waals surface area contributed by atoms with Gasteiger partial charge in [0.15, 0.2) is 5.96 Å². The molecule has 0 aliphatic rings. The molecule has 9 N–H and O–H groups in total. The molecule has 1 amide bonds. The molecule has 1 rings (SSSR count). The zero-order chi connectivity index (χ0) is 18.8. The van der Waals surface area contributed by atoms with Gasteiger partial charge < -0.3 is 32.7 Å². The number of nitrogens with zero attached hydrogens (tertiary/aromatic N) is 1. The van der Waals surface area contributed by atoms with E-state index < -0.39 is 30.1 Å². The number of aliphatic hydroxyl groups is 1. The average Bonchev–Trinajstić information content (AvgIpc) is 2.57. The predicted molar refractivity (Wildman–Crippen MR) is 101 cm³/mol. The van der Waals surface area contributed by atoms with Crippen molar-refractivity contribution in [1.29, 1.82) is 0 Å². The summed E-state index contributed by atoms with van der Waals surface area (Å²) in [5.74, 6) is -2.11. The van der Waals surface area contributed by atoms with Crippen molar-refractivity contribution >= 4 is 30.2 Å². The molecule has 10 heteroatoms. The highest BCUT2D eigenvalue weighted by Crippen LogP contribution is 2.06.